The SMILES string of the molecule is CC(C)C(NC(=O)CCCOc1cccc(F)c1)c1nc2ccccc2[nH]1. The summed E-state index contributed by atoms with van der Waals surface area (Å²) >= 11 is 0. The summed E-state index contributed by atoms with van der Waals surface area (Å²) in [5, 5.41) is 3.05. The highest BCUT2D eigenvalue weighted by Gasteiger charge is 2.21. The summed E-state index contributed by atoms with van der Waals surface area (Å²) in [5.74, 6) is 1.03. The predicted molar refractivity (Wildman–Crippen MR) is 103 cm³/mol. The van der Waals surface area contributed by atoms with Crippen LogP contribution in [-0.4, -0.2) is 22.5 Å². The van der Waals surface area contributed by atoms with Crippen molar-refractivity contribution in [3.05, 3.63) is 60.2 Å². The van der Waals surface area contributed by atoms with Crippen molar-refractivity contribution in [2.45, 2.75) is 32.7 Å². The van der Waals surface area contributed by atoms with Crippen LogP contribution in [0.2, 0.25) is 0 Å². The molecule has 27 heavy (non-hydrogen) atoms. The lowest BCUT2D eigenvalue weighted by Gasteiger charge is -2.20. The number of H-pyrrole nitrogens is 1. The van der Waals surface area contributed by atoms with Crippen molar-refractivity contribution in [3.8, 4) is 5.75 Å². The number of amides is 1. The van der Waals surface area contributed by atoms with Gasteiger partial charge in [-0.3, -0.25) is 4.79 Å². The van der Waals surface area contributed by atoms with Gasteiger partial charge in [0, 0.05) is 12.5 Å². The molecule has 5 nitrogen and oxygen atoms in total. The average molecular weight is 369 g/mol. The molecule has 0 fully saturated rings. The van der Waals surface area contributed by atoms with Crippen LogP contribution in [-0.2, 0) is 4.79 Å². The van der Waals surface area contributed by atoms with Gasteiger partial charge in [-0.05, 0) is 36.6 Å². The summed E-state index contributed by atoms with van der Waals surface area (Å²) < 4.78 is 18.6. The number of carbonyl (C=O) groups excluding carboxylic acids is 1. The fourth-order valence-corrected chi connectivity index (χ4v) is 2.90. The smallest absolute Gasteiger partial charge is 0.220 e. The van der Waals surface area contributed by atoms with Crippen molar-refractivity contribution in [3.63, 3.8) is 0 Å². The fourth-order valence-electron chi connectivity index (χ4n) is 2.90. The van der Waals surface area contributed by atoms with E-state index in [-0.39, 0.29) is 23.7 Å². The molecule has 0 aliphatic rings. The number of imidazole rings is 1. The summed E-state index contributed by atoms with van der Waals surface area (Å²) in [6.45, 7) is 4.45. The van der Waals surface area contributed by atoms with Gasteiger partial charge in [0.25, 0.3) is 0 Å². The van der Waals surface area contributed by atoms with Gasteiger partial charge in [0.2, 0.25) is 5.91 Å². The van der Waals surface area contributed by atoms with Crippen molar-refractivity contribution in [2.75, 3.05) is 6.61 Å². The summed E-state index contributed by atoms with van der Waals surface area (Å²) in [6.07, 6.45) is 0.881. The molecule has 0 saturated heterocycles. The first kappa shape index (κ1) is 18.9. The number of fused-ring (bicyclic) bond motifs is 1. The number of para-hydroxylation sites is 2. The Labute approximate surface area is 158 Å². The second-order valence-corrected chi connectivity index (χ2v) is 6.84. The van der Waals surface area contributed by atoms with Crippen LogP contribution < -0.4 is 10.1 Å². The third-order valence-corrected chi connectivity index (χ3v) is 4.30. The lowest BCUT2D eigenvalue weighted by molar-refractivity contribution is -0.122. The van der Waals surface area contributed by atoms with Gasteiger partial charge in [-0.2, -0.15) is 0 Å². The first-order valence-corrected chi connectivity index (χ1v) is 9.15. The Bertz CT molecular complexity index is 874. The van der Waals surface area contributed by atoms with Crippen LogP contribution in [0.15, 0.2) is 48.5 Å². The minimum absolute atomic E-state index is 0.0583. The molecule has 2 N–H and O–H groups in total. The number of nitrogens with one attached hydrogen (secondary N) is 2. The van der Waals surface area contributed by atoms with Crippen LogP contribution in [0, 0.1) is 11.7 Å². The minimum Gasteiger partial charge on any atom is -0.493 e. The van der Waals surface area contributed by atoms with E-state index in [1.54, 1.807) is 12.1 Å². The number of carbonyl (C=O) groups is 1. The molecule has 0 spiro atoms. The maximum atomic E-state index is 13.1. The molecule has 0 radical (unpaired) electrons. The van der Waals surface area contributed by atoms with Gasteiger partial charge in [-0.1, -0.05) is 32.0 Å². The average Bonchev–Trinajstić information content (AvgIpc) is 3.07. The minimum atomic E-state index is -0.337. The molecular weight excluding hydrogens is 345 g/mol. The molecule has 1 amide bonds. The van der Waals surface area contributed by atoms with Crippen molar-refractivity contribution in [1.82, 2.24) is 15.3 Å². The first-order chi connectivity index (χ1) is 13.0. The molecule has 6 heteroatoms. The molecule has 0 aliphatic heterocycles. The van der Waals surface area contributed by atoms with Crippen LogP contribution >= 0.6 is 0 Å². The first-order valence-electron chi connectivity index (χ1n) is 9.15. The Kier molecular flexibility index (Phi) is 6.06. The summed E-state index contributed by atoms with van der Waals surface area (Å²) in [4.78, 5) is 20.2. The van der Waals surface area contributed by atoms with E-state index in [2.05, 4.69) is 15.3 Å². The van der Waals surface area contributed by atoms with Crippen LogP contribution in [0.1, 0.15) is 38.6 Å². The van der Waals surface area contributed by atoms with Gasteiger partial charge in [0.05, 0.1) is 23.7 Å². The summed E-state index contributed by atoms with van der Waals surface area (Å²) in [7, 11) is 0. The molecule has 0 aliphatic carbocycles. The third-order valence-electron chi connectivity index (χ3n) is 4.30. The number of benzene rings is 2. The van der Waals surface area contributed by atoms with E-state index < -0.39 is 0 Å². The molecule has 3 rings (SSSR count). The Morgan fingerprint density at radius 3 is 2.78 bits per heavy atom. The van der Waals surface area contributed by atoms with Gasteiger partial charge < -0.3 is 15.0 Å². The van der Waals surface area contributed by atoms with Gasteiger partial charge in [-0.15, -0.1) is 0 Å². The van der Waals surface area contributed by atoms with Crippen molar-refractivity contribution < 1.29 is 13.9 Å². The van der Waals surface area contributed by atoms with E-state index in [0.717, 1.165) is 16.9 Å². The van der Waals surface area contributed by atoms with E-state index in [1.807, 2.05) is 38.1 Å². The zero-order valence-electron chi connectivity index (χ0n) is 15.5. The number of halogens is 1. The van der Waals surface area contributed by atoms with E-state index in [0.29, 0.717) is 25.2 Å². The van der Waals surface area contributed by atoms with Gasteiger partial charge >= 0.3 is 0 Å². The number of rotatable bonds is 8. The van der Waals surface area contributed by atoms with E-state index in [1.165, 1.54) is 12.1 Å². The summed E-state index contributed by atoms with van der Waals surface area (Å²) in [6, 6.07) is 13.6. The lowest BCUT2D eigenvalue weighted by atomic mass is 10.0. The molecular formula is C21H24FN3O2. The lowest BCUT2D eigenvalue weighted by Crippen LogP contribution is -2.32. The zero-order valence-corrected chi connectivity index (χ0v) is 15.5. The van der Waals surface area contributed by atoms with Crippen molar-refractivity contribution >= 4 is 16.9 Å². The van der Waals surface area contributed by atoms with Crippen molar-refractivity contribution in [1.29, 1.82) is 0 Å². The third kappa shape index (κ3) is 5.06. The molecule has 0 saturated carbocycles. The van der Waals surface area contributed by atoms with Crippen LogP contribution in [0.5, 0.6) is 5.75 Å². The maximum Gasteiger partial charge on any atom is 0.220 e. The van der Waals surface area contributed by atoms with E-state index in [4.69, 9.17) is 4.74 Å². The molecule has 0 bridgehead atoms. The topological polar surface area (TPSA) is 67.0 Å². The molecule has 1 unspecified atom stereocenters. The Hall–Kier alpha value is -2.89. The van der Waals surface area contributed by atoms with E-state index >= 15 is 0 Å². The van der Waals surface area contributed by atoms with Crippen molar-refractivity contribution in [2.24, 2.45) is 5.92 Å². The van der Waals surface area contributed by atoms with Gasteiger partial charge in [0.15, 0.2) is 0 Å². The van der Waals surface area contributed by atoms with Gasteiger partial charge in [0.1, 0.15) is 17.4 Å². The quantitative estimate of drug-likeness (QED) is 0.579. The second kappa shape index (κ2) is 8.66. The monoisotopic (exact) mass is 369 g/mol. The molecule has 2 aromatic carbocycles. The zero-order chi connectivity index (χ0) is 19.2. The van der Waals surface area contributed by atoms with Crippen LogP contribution in [0.3, 0.4) is 0 Å². The maximum absolute atomic E-state index is 13.1. The Balaban J connectivity index is 1.52. The highest BCUT2D eigenvalue weighted by molar-refractivity contribution is 5.77. The van der Waals surface area contributed by atoms with Crippen LogP contribution in [0.25, 0.3) is 11.0 Å². The Morgan fingerprint density at radius 2 is 2.04 bits per heavy atom. The molecule has 142 valence electrons. The van der Waals surface area contributed by atoms with Crippen LogP contribution in [0.4, 0.5) is 4.39 Å². The number of hydrogen-bond acceptors (Lipinski definition) is 3. The normalized spacial score (nSPS) is 12.3. The highest BCUT2D eigenvalue weighted by Crippen LogP contribution is 2.22. The standard InChI is InChI=1S/C21H24FN3O2/c1-14(2)20(21-23-17-9-3-4-10-18(17)24-21)25-19(26)11-6-12-27-16-8-5-7-15(22)13-16/h3-5,7-10,13-14,20H,6,11-12H2,1-2H3,(H,23,24)(H,25,26). The molecule has 1 heterocycles. The predicted octanol–water partition coefficient (Wildman–Crippen LogP) is 4.37. The number of aromatic amines is 1. The largest absolute Gasteiger partial charge is 0.493 e. The number of hydrogen-bond donors (Lipinski definition) is 2. The molecule has 3 aromatic rings. The number of aromatic nitrogens is 2. The molecule has 1 aromatic heterocycles. The number of ether oxygens (including phenoxy) is 1. The number of nitrogens with zero attached hydrogens (tertiary/aromatic N) is 1. The second-order valence-electron chi connectivity index (χ2n) is 6.84. The van der Waals surface area contributed by atoms with E-state index in [9.17, 15) is 9.18 Å². The highest BCUT2D eigenvalue weighted by atomic mass is 19.1. The summed E-state index contributed by atoms with van der Waals surface area (Å²) in [5.41, 5.74) is 1.84. The fraction of sp³-hybridized carbons (Fsp3) is 0.333. The molecule has 1 atom stereocenters. The van der Waals surface area contributed by atoms with Gasteiger partial charge in [-0.25, -0.2) is 9.37 Å². The Morgan fingerprint density at radius 1 is 1.22 bits per heavy atom.